The Bertz CT molecular complexity index is 1180. The van der Waals surface area contributed by atoms with E-state index >= 15 is 0 Å². The molecule has 164 valence electrons. The van der Waals surface area contributed by atoms with Crippen LogP contribution >= 0.6 is 0 Å². The van der Waals surface area contributed by atoms with Crippen molar-refractivity contribution in [3.8, 4) is 28.6 Å². The lowest BCUT2D eigenvalue weighted by Gasteiger charge is -2.40. The van der Waals surface area contributed by atoms with Gasteiger partial charge in [0, 0.05) is 17.7 Å². The first-order chi connectivity index (χ1) is 14.7. The Morgan fingerprint density at radius 1 is 0.903 bits per heavy atom. The van der Waals surface area contributed by atoms with Crippen molar-refractivity contribution in [2.75, 3.05) is 6.61 Å². The normalized spacial score (nSPS) is 26.3. The highest BCUT2D eigenvalue weighted by molar-refractivity contribution is 5.89. The molecule has 0 saturated carbocycles. The first kappa shape index (κ1) is 21.1. The highest BCUT2D eigenvalue weighted by Gasteiger charge is 2.46. The maximum absolute atomic E-state index is 12.7. The number of hydrogen-bond donors (Lipinski definition) is 7. The number of phenols is 3. The molecular weight excluding hydrogens is 412 g/mol. The molecule has 0 radical (unpaired) electrons. The third-order valence-electron chi connectivity index (χ3n) is 5.31. The Labute approximate surface area is 174 Å². The van der Waals surface area contributed by atoms with Gasteiger partial charge in [0.2, 0.25) is 0 Å². The predicted molar refractivity (Wildman–Crippen MR) is 106 cm³/mol. The Morgan fingerprint density at radius 2 is 1.65 bits per heavy atom. The van der Waals surface area contributed by atoms with Crippen LogP contribution in [0.4, 0.5) is 0 Å². The zero-order valence-corrected chi connectivity index (χ0v) is 15.9. The van der Waals surface area contributed by atoms with Crippen LogP contribution in [0.2, 0.25) is 0 Å². The van der Waals surface area contributed by atoms with Crippen molar-refractivity contribution in [1.82, 2.24) is 0 Å². The maximum atomic E-state index is 12.7. The lowest BCUT2D eigenvalue weighted by atomic mass is 9.89. The molecule has 4 rings (SSSR count). The number of hydrogen-bond acceptors (Lipinski definition) is 10. The zero-order valence-electron chi connectivity index (χ0n) is 15.9. The van der Waals surface area contributed by atoms with Crippen molar-refractivity contribution in [2.24, 2.45) is 0 Å². The first-order valence-electron chi connectivity index (χ1n) is 9.35. The molecule has 1 fully saturated rings. The van der Waals surface area contributed by atoms with Gasteiger partial charge in [-0.1, -0.05) is 12.1 Å². The Balaban J connectivity index is 1.98. The lowest BCUT2D eigenvalue weighted by Crippen LogP contribution is -2.55. The third-order valence-corrected chi connectivity index (χ3v) is 5.31. The predicted octanol–water partition coefficient (Wildman–Crippen LogP) is 0.0917. The summed E-state index contributed by atoms with van der Waals surface area (Å²) in [4.78, 5) is 12.7. The van der Waals surface area contributed by atoms with Crippen molar-refractivity contribution in [3.63, 3.8) is 0 Å². The SMILES string of the molecule is O=c1cc(-c2cccc(O)c2)oc2c([C@@H]3O[C@H](CO)[C@@H](O)[C@H](O)[C@@H]3O)c(O)cc(O)c12. The highest BCUT2D eigenvalue weighted by atomic mass is 16.5. The maximum Gasteiger partial charge on any atom is 0.197 e. The summed E-state index contributed by atoms with van der Waals surface area (Å²) in [6.07, 6.45) is -7.91. The van der Waals surface area contributed by atoms with Crippen molar-refractivity contribution < 1.29 is 44.9 Å². The first-order valence-corrected chi connectivity index (χ1v) is 9.35. The van der Waals surface area contributed by atoms with E-state index in [1.165, 1.54) is 18.2 Å². The third kappa shape index (κ3) is 3.50. The standard InChI is InChI=1S/C21H20O10/c22-7-14-17(27)18(28)19(29)21(31-14)16-11(25)5-10(24)15-12(26)6-13(30-20(15)16)8-2-1-3-9(23)4-8/h1-6,14,17-19,21-25,27-29H,7H2/t14-,17-,18+,19+,21+/m1/s1. The van der Waals surface area contributed by atoms with Gasteiger partial charge in [0.1, 0.15) is 58.9 Å². The number of phenolic OH excluding ortho intramolecular Hbond substituents is 3. The van der Waals surface area contributed by atoms with Crippen LogP contribution in [-0.4, -0.2) is 66.8 Å². The van der Waals surface area contributed by atoms with Gasteiger partial charge < -0.3 is 44.9 Å². The number of ether oxygens (including phenoxy) is 1. The molecule has 10 heteroatoms. The van der Waals surface area contributed by atoms with Crippen LogP contribution in [0.15, 0.2) is 45.6 Å². The molecule has 31 heavy (non-hydrogen) atoms. The average Bonchev–Trinajstić information content (AvgIpc) is 2.73. The summed E-state index contributed by atoms with van der Waals surface area (Å²) in [5.41, 5.74) is -0.944. The molecule has 1 aliphatic heterocycles. The second-order valence-corrected chi connectivity index (χ2v) is 7.31. The van der Waals surface area contributed by atoms with Crippen LogP contribution in [0.1, 0.15) is 11.7 Å². The van der Waals surface area contributed by atoms with E-state index in [4.69, 9.17) is 9.15 Å². The van der Waals surface area contributed by atoms with Gasteiger partial charge in [0.15, 0.2) is 11.0 Å². The summed E-state index contributed by atoms with van der Waals surface area (Å²) in [5, 5.41) is 70.2. The largest absolute Gasteiger partial charge is 0.508 e. The molecule has 0 unspecified atom stereocenters. The van der Waals surface area contributed by atoms with Gasteiger partial charge in [-0.05, 0) is 12.1 Å². The molecule has 0 bridgehead atoms. The molecule has 7 N–H and O–H groups in total. The molecule has 1 saturated heterocycles. The Morgan fingerprint density at radius 3 is 2.32 bits per heavy atom. The quantitative estimate of drug-likeness (QED) is 0.300. The summed E-state index contributed by atoms with van der Waals surface area (Å²) in [7, 11) is 0. The van der Waals surface area contributed by atoms with E-state index in [9.17, 15) is 40.5 Å². The highest BCUT2D eigenvalue weighted by Crippen LogP contribution is 2.43. The molecule has 2 aromatic carbocycles. The molecule has 3 aromatic rings. The summed E-state index contributed by atoms with van der Waals surface area (Å²) < 4.78 is 11.3. The van der Waals surface area contributed by atoms with Crippen molar-refractivity contribution in [3.05, 3.63) is 52.2 Å². The van der Waals surface area contributed by atoms with Gasteiger partial charge in [0.25, 0.3) is 0 Å². The Kier molecular flexibility index (Phi) is 5.33. The summed E-state index contributed by atoms with van der Waals surface area (Å²) in [6, 6.07) is 7.78. The molecular formula is C21H20O10. The van der Waals surface area contributed by atoms with Gasteiger partial charge in [-0.3, -0.25) is 4.79 Å². The number of fused-ring (bicyclic) bond motifs is 1. The molecule has 5 atom stereocenters. The van der Waals surface area contributed by atoms with E-state index in [0.717, 1.165) is 12.1 Å². The van der Waals surface area contributed by atoms with Crippen LogP contribution in [0, 0.1) is 0 Å². The second kappa shape index (κ2) is 7.84. The molecule has 10 nitrogen and oxygen atoms in total. The van der Waals surface area contributed by atoms with E-state index in [1.807, 2.05) is 0 Å². The van der Waals surface area contributed by atoms with Crippen LogP contribution in [-0.2, 0) is 4.74 Å². The van der Waals surface area contributed by atoms with Gasteiger partial charge in [-0.15, -0.1) is 0 Å². The minimum Gasteiger partial charge on any atom is -0.508 e. The number of rotatable bonds is 3. The second-order valence-electron chi connectivity index (χ2n) is 7.31. The fraction of sp³-hybridized carbons (Fsp3) is 0.286. The number of aromatic hydroxyl groups is 3. The number of aliphatic hydroxyl groups is 4. The molecule has 0 spiro atoms. The van der Waals surface area contributed by atoms with E-state index in [0.29, 0.717) is 5.56 Å². The van der Waals surface area contributed by atoms with E-state index in [2.05, 4.69) is 0 Å². The van der Waals surface area contributed by atoms with Gasteiger partial charge in [-0.25, -0.2) is 0 Å². The van der Waals surface area contributed by atoms with Crippen LogP contribution in [0.25, 0.3) is 22.3 Å². The minimum absolute atomic E-state index is 0.00996. The minimum atomic E-state index is -1.76. The van der Waals surface area contributed by atoms with Crippen LogP contribution < -0.4 is 5.43 Å². The lowest BCUT2D eigenvalue weighted by molar-refractivity contribution is -0.231. The number of benzene rings is 2. The van der Waals surface area contributed by atoms with Crippen molar-refractivity contribution in [1.29, 1.82) is 0 Å². The summed E-state index contributed by atoms with van der Waals surface area (Å²) >= 11 is 0. The topological polar surface area (TPSA) is 181 Å². The Hall–Kier alpha value is -3.15. The smallest absolute Gasteiger partial charge is 0.197 e. The van der Waals surface area contributed by atoms with Crippen molar-refractivity contribution in [2.45, 2.75) is 30.5 Å². The van der Waals surface area contributed by atoms with Crippen LogP contribution in [0.3, 0.4) is 0 Å². The average molecular weight is 432 g/mol. The molecule has 0 aliphatic carbocycles. The molecule has 1 aromatic heterocycles. The van der Waals surface area contributed by atoms with Gasteiger partial charge in [0.05, 0.1) is 12.2 Å². The molecule has 1 aliphatic rings. The van der Waals surface area contributed by atoms with Crippen LogP contribution in [0.5, 0.6) is 17.2 Å². The van der Waals surface area contributed by atoms with E-state index in [1.54, 1.807) is 6.07 Å². The van der Waals surface area contributed by atoms with E-state index in [-0.39, 0.29) is 28.0 Å². The van der Waals surface area contributed by atoms with Crippen molar-refractivity contribution >= 4 is 11.0 Å². The molecule has 2 heterocycles. The number of aliphatic hydroxyl groups excluding tert-OH is 4. The van der Waals surface area contributed by atoms with Gasteiger partial charge >= 0.3 is 0 Å². The fourth-order valence-electron chi connectivity index (χ4n) is 3.74. The fourth-order valence-corrected chi connectivity index (χ4v) is 3.74. The zero-order chi connectivity index (χ0) is 22.4. The van der Waals surface area contributed by atoms with E-state index < -0.39 is 54.1 Å². The monoisotopic (exact) mass is 432 g/mol. The molecule has 0 amide bonds. The summed E-state index contributed by atoms with van der Waals surface area (Å²) in [5.74, 6) is -1.29. The summed E-state index contributed by atoms with van der Waals surface area (Å²) in [6.45, 7) is -0.698. The van der Waals surface area contributed by atoms with Gasteiger partial charge in [-0.2, -0.15) is 0 Å².